The van der Waals surface area contributed by atoms with E-state index in [0.717, 1.165) is 54.0 Å². The number of amides is 1. The molecular weight excluding hydrogens is 578 g/mol. The number of primary amides is 1. The van der Waals surface area contributed by atoms with Crippen LogP contribution >= 0.6 is 22.7 Å². The molecule has 5 aromatic heterocycles. The van der Waals surface area contributed by atoms with E-state index in [9.17, 15) is 9.59 Å². The highest BCUT2D eigenvalue weighted by atomic mass is 32.1. The first-order valence-electron chi connectivity index (χ1n) is 13.8. The number of thiophene rings is 1. The molecule has 5 N–H and O–H groups in total. The van der Waals surface area contributed by atoms with E-state index < -0.39 is 5.91 Å². The van der Waals surface area contributed by atoms with Crippen LogP contribution in [0.4, 0.5) is 10.9 Å². The standard InChI is InChI=1S/C27H29N9O4S2/c28-16-3-1-2-4-17(16)31-27-32-18(22(25(29)38)26-33-30-13-36(26)27)9-14-10-20(40-34-14)15-12-41-24-19(37)11-21(42-23(15)24)35-5-7-39-8-6-35/h10-13,16-17H,1-9,28H2,(H2,29,38)(H,31,32)/t16-,17+/m1/s1. The highest BCUT2D eigenvalue weighted by molar-refractivity contribution is 7.28. The molecule has 2 aliphatic rings. The van der Waals surface area contributed by atoms with Crippen LogP contribution in [-0.2, 0) is 11.2 Å². The number of nitrogens with one attached hydrogen (secondary N) is 1. The van der Waals surface area contributed by atoms with Crippen molar-refractivity contribution in [3.63, 3.8) is 0 Å². The number of carbonyl (C=O) groups is 1. The Balaban J connectivity index is 1.23. The quantitative estimate of drug-likeness (QED) is 0.247. The third-order valence-corrected chi connectivity index (χ3v) is 10.2. The third kappa shape index (κ3) is 4.91. The predicted molar refractivity (Wildman–Crippen MR) is 160 cm³/mol. The molecule has 1 aliphatic heterocycles. The lowest BCUT2D eigenvalue weighted by atomic mass is 9.91. The highest BCUT2D eigenvalue weighted by Gasteiger charge is 2.26. The molecule has 0 aromatic carbocycles. The minimum atomic E-state index is -0.663. The SMILES string of the molecule is NC(=O)c1c(Cc2cc(-c3csc4c(=O)cc(N5CCOCC5)sc34)on2)nc(N[C@H]2CCCC[C@H]2N)n2cnnc12. The van der Waals surface area contributed by atoms with E-state index >= 15 is 0 Å². The van der Waals surface area contributed by atoms with Crippen LogP contribution in [0, 0.1) is 0 Å². The monoisotopic (exact) mass is 607 g/mol. The number of nitrogens with zero attached hydrogens (tertiary/aromatic N) is 6. The minimum Gasteiger partial charge on any atom is -0.378 e. The molecule has 1 saturated heterocycles. The molecule has 5 aromatic rings. The summed E-state index contributed by atoms with van der Waals surface area (Å²) in [5.74, 6) is 0.358. The summed E-state index contributed by atoms with van der Waals surface area (Å²) < 4.78 is 14.4. The average molecular weight is 608 g/mol. The van der Waals surface area contributed by atoms with Gasteiger partial charge in [0.25, 0.3) is 5.91 Å². The lowest BCUT2D eigenvalue weighted by Crippen LogP contribution is -2.43. The van der Waals surface area contributed by atoms with E-state index in [0.29, 0.717) is 46.7 Å². The Morgan fingerprint density at radius 2 is 2.00 bits per heavy atom. The Labute approximate surface area is 247 Å². The van der Waals surface area contributed by atoms with Gasteiger partial charge in [0.05, 0.1) is 39.0 Å². The van der Waals surface area contributed by atoms with Crippen LogP contribution in [-0.4, -0.2) is 69.0 Å². The molecule has 0 unspecified atom stereocenters. The molecule has 13 nitrogen and oxygen atoms in total. The minimum absolute atomic E-state index is 0.00987. The third-order valence-electron chi connectivity index (χ3n) is 7.84. The lowest BCUT2D eigenvalue weighted by molar-refractivity contribution is 0.1000. The number of morpholine rings is 1. The zero-order chi connectivity index (χ0) is 28.8. The summed E-state index contributed by atoms with van der Waals surface area (Å²) in [5, 5.41) is 18.7. The van der Waals surface area contributed by atoms with Gasteiger partial charge in [0.15, 0.2) is 16.8 Å². The van der Waals surface area contributed by atoms with E-state index in [1.54, 1.807) is 21.8 Å². The van der Waals surface area contributed by atoms with Gasteiger partial charge in [0.1, 0.15) is 11.9 Å². The summed E-state index contributed by atoms with van der Waals surface area (Å²) in [4.78, 5) is 32.5. The van der Waals surface area contributed by atoms with Crippen LogP contribution in [0.2, 0.25) is 0 Å². The molecule has 2 atom stereocenters. The van der Waals surface area contributed by atoms with Crippen molar-refractivity contribution in [3.05, 3.63) is 51.0 Å². The number of aromatic nitrogens is 5. The summed E-state index contributed by atoms with van der Waals surface area (Å²) in [7, 11) is 0. The maximum absolute atomic E-state index is 12.9. The Kier molecular flexibility index (Phi) is 7.09. The van der Waals surface area contributed by atoms with Gasteiger partial charge in [-0.05, 0) is 12.8 Å². The summed E-state index contributed by atoms with van der Waals surface area (Å²) in [5.41, 5.74) is 14.4. The fourth-order valence-electron chi connectivity index (χ4n) is 5.65. The van der Waals surface area contributed by atoms with E-state index in [1.807, 2.05) is 11.4 Å². The number of hydrogen-bond donors (Lipinski definition) is 3. The number of ether oxygens (including phenoxy) is 1. The van der Waals surface area contributed by atoms with Gasteiger partial charge in [-0.15, -0.1) is 32.9 Å². The van der Waals surface area contributed by atoms with Crippen LogP contribution in [0.15, 0.2) is 33.2 Å². The first-order valence-corrected chi connectivity index (χ1v) is 15.5. The highest BCUT2D eigenvalue weighted by Crippen LogP contribution is 2.39. The summed E-state index contributed by atoms with van der Waals surface area (Å²) in [6, 6.07) is 3.53. The number of nitrogens with two attached hydrogens (primary N) is 2. The summed E-state index contributed by atoms with van der Waals surface area (Å²) >= 11 is 2.95. The van der Waals surface area contributed by atoms with Crippen molar-refractivity contribution in [1.29, 1.82) is 0 Å². The Hall–Kier alpha value is -3.92. The molecule has 0 radical (unpaired) electrons. The van der Waals surface area contributed by atoms with Crippen LogP contribution in [0.25, 0.3) is 26.4 Å². The number of rotatable bonds is 7. The number of anilines is 2. The van der Waals surface area contributed by atoms with E-state index in [4.69, 9.17) is 25.7 Å². The van der Waals surface area contributed by atoms with Crippen molar-refractivity contribution in [2.75, 3.05) is 36.5 Å². The second-order valence-electron chi connectivity index (χ2n) is 10.6. The van der Waals surface area contributed by atoms with E-state index in [1.165, 1.54) is 17.7 Å². The molecule has 0 spiro atoms. The van der Waals surface area contributed by atoms with Gasteiger partial charge in [0.2, 0.25) is 5.95 Å². The van der Waals surface area contributed by atoms with Crippen LogP contribution < -0.4 is 27.1 Å². The van der Waals surface area contributed by atoms with Crippen molar-refractivity contribution >= 4 is 54.6 Å². The topological polar surface area (TPSA) is 180 Å². The zero-order valence-corrected chi connectivity index (χ0v) is 24.2. The molecule has 42 heavy (non-hydrogen) atoms. The van der Waals surface area contributed by atoms with Crippen molar-refractivity contribution in [2.45, 2.75) is 44.2 Å². The number of carbonyl (C=O) groups excluding carboxylic acids is 1. The maximum Gasteiger partial charge on any atom is 0.254 e. The van der Waals surface area contributed by atoms with Crippen molar-refractivity contribution in [1.82, 2.24) is 24.7 Å². The van der Waals surface area contributed by atoms with Crippen LogP contribution in [0.3, 0.4) is 0 Å². The average Bonchev–Trinajstić information content (AvgIpc) is 3.75. The Morgan fingerprint density at radius 3 is 2.81 bits per heavy atom. The predicted octanol–water partition coefficient (Wildman–Crippen LogP) is 2.62. The van der Waals surface area contributed by atoms with Crippen LogP contribution in [0.1, 0.15) is 47.4 Å². The van der Waals surface area contributed by atoms with Gasteiger partial charge in [-0.1, -0.05) is 18.0 Å². The van der Waals surface area contributed by atoms with Gasteiger partial charge in [-0.25, -0.2) is 4.98 Å². The van der Waals surface area contributed by atoms with E-state index in [-0.39, 0.29) is 29.5 Å². The van der Waals surface area contributed by atoms with Crippen LogP contribution in [0.5, 0.6) is 0 Å². The molecular formula is C27H29N9O4S2. The molecule has 2 fully saturated rings. The van der Waals surface area contributed by atoms with Gasteiger partial charge in [0, 0.05) is 54.7 Å². The molecule has 0 bridgehead atoms. The second-order valence-corrected chi connectivity index (χ2v) is 12.5. The van der Waals surface area contributed by atoms with Gasteiger partial charge >= 0.3 is 0 Å². The molecule has 7 rings (SSSR count). The van der Waals surface area contributed by atoms with Crippen molar-refractivity contribution < 1.29 is 14.1 Å². The Bertz CT molecular complexity index is 1840. The molecule has 1 saturated carbocycles. The smallest absolute Gasteiger partial charge is 0.254 e. The second kappa shape index (κ2) is 11.1. The lowest BCUT2D eigenvalue weighted by Gasteiger charge is -2.30. The molecule has 15 heteroatoms. The molecule has 6 heterocycles. The number of hydrogen-bond acceptors (Lipinski definition) is 13. The Morgan fingerprint density at radius 1 is 1.17 bits per heavy atom. The first-order chi connectivity index (χ1) is 20.5. The number of fused-ring (bicyclic) bond motifs is 2. The first kappa shape index (κ1) is 26.9. The normalized spacial score (nSPS) is 19.5. The van der Waals surface area contributed by atoms with Gasteiger partial charge < -0.3 is 30.9 Å². The van der Waals surface area contributed by atoms with Gasteiger partial charge in [-0.3, -0.25) is 14.0 Å². The van der Waals surface area contributed by atoms with Gasteiger partial charge in [-0.2, -0.15) is 0 Å². The largest absolute Gasteiger partial charge is 0.378 e. The van der Waals surface area contributed by atoms with Crippen molar-refractivity contribution in [2.24, 2.45) is 11.5 Å². The van der Waals surface area contributed by atoms with E-state index in [2.05, 4.69) is 25.6 Å². The summed E-state index contributed by atoms with van der Waals surface area (Å²) in [6.45, 7) is 2.74. The molecule has 1 aliphatic carbocycles. The molecule has 1 amide bonds. The van der Waals surface area contributed by atoms with Crippen molar-refractivity contribution in [3.8, 4) is 11.3 Å². The molecule has 218 valence electrons. The fourth-order valence-corrected chi connectivity index (χ4v) is 8.00. The zero-order valence-electron chi connectivity index (χ0n) is 22.6. The maximum atomic E-state index is 12.9. The fraction of sp³-hybridized carbons (Fsp3) is 0.407. The summed E-state index contributed by atoms with van der Waals surface area (Å²) in [6.07, 6.45) is 5.69.